The molecule has 0 aliphatic rings. The van der Waals surface area contributed by atoms with E-state index in [4.69, 9.17) is 0 Å². The molecule has 0 unspecified atom stereocenters. The van der Waals surface area contributed by atoms with Gasteiger partial charge in [0.05, 0.1) is 0 Å². The van der Waals surface area contributed by atoms with Gasteiger partial charge in [-0.2, -0.15) is 4.68 Å². The fourth-order valence-electron chi connectivity index (χ4n) is 1.60. The molecule has 0 amide bonds. The van der Waals surface area contributed by atoms with E-state index in [2.05, 4.69) is 36.4 Å². The molecule has 5 nitrogen and oxygen atoms in total. The van der Waals surface area contributed by atoms with E-state index in [-0.39, 0.29) is 0 Å². The van der Waals surface area contributed by atoms with Crippen LogP contribution in [-0.2, 0) is 0 Å². The summed E-state index contributed by atoms with van der Waals surface area (Å²) in [7, 11) is 0. The van der Waals surface area contributed by atoms with Crippen molar-refractivity contribution in [1.29, 1.82) is 0 Å². The lowest BCUT2D eigenvalue weighted by Crippen LogP contribution is -2.01. The Bertz CT molecular complexity index is 648. The van der Waals surface area contributed by atoms with E-state index in [1.54, 1.807) is 10.9 Å². The lowest BCUT2D eigenvalue weighted by molar-refractivity contribution is 0.773. The predicted molar refractivity (Wildman–Crippen MR) is 70.1 cm³/mol. The molecule has 0 N–H and O–H groups in total. The second kappa shape index (κ2) is 4.66. The molecule has 0 aliphatic heterocycles. The number of hydrogen-bond acceptors (Lipinski definition) is 4. The minimum Gasteiger partial charge on any atom is -0.236 e. The number of halogens is 1. The number of benzene rings is 1. The van der Waals surface area contributed by atoms with Crippen LogP contribution < -0.4 is 0 Å². The van der Waals surface area contributed by atoms with Crippen molar-refractivity contribution in [3.05, 3.63) is 53.1 Å². The molecule has 3 aromatic rings. The minimum atomic E-state index is 0.672. The summed E-state index contributed by atoms with van der Waals surface area (Å²) in [4.78, 5) is 4.28. The maximum Gasteiger partial charge on any atom is 0.188 e. The van der Waals surface area contributed by atoms with Crippen LogP contribution in [0.1, 0.15) is 0 Å². The lowest BCUT2D eigenvalue weighted by Gasteiger charge is -2.03. The maximum absolute atomic E-state index is 4.28. The Morgan fingerprint density at radius 1 is 1.00 bits per heavy atom. The third kappa shape index (κ3) is 2.02. The molecule has 0 bridgehead atoms. The van der Waals surface area contributed by atoms with E-state index >= 15 is 0 Å². The van der Waals surface area contributed by atoms with Gasteiger partial charge in [0.25, 0.3) is 0 Å². The Morgan fingerprint density at radius 3 is 2.56 bits per heavy atom. The van der Waals surface area contributed by atoms with Crippen LogP contribution >= 0.6 is 15.9 Å². The molecule has 0 saturated carbocycles. The Hall–Kier alpha value is -2.08. The molecule has 0 radical (unpaired) electrons. The summed E-state index contributed by atoms with van der Waals surface area (Å²) >= 11 is 3.35. The highest BCUT2D eigenvalue weighted by molar-refractivity contribution is 9.10. The first-order chi connectivity index (χ1) is 8.84. The number of aromatic nitrogens is 5. The van der Waals surface area contributed by atoms with E-state index in [9.17, 15) is 0 Å². The van der Waals surface area contributed by atoms with Gasteiger partial charge in [-0.3, -0.25) is 0 Å². The number of hydrogen-bond donors (Lipinski definition) is 0. The van der Waals surface area contributed by atoms with Crippen molar-refractivity contribution in [1.82, 2.24) is 25.2 Å². The average molecular weight is 302 g/mol. The van der Waals surface area contributed by atoms with Crippen LogP contribution in [0.15, 0.2) is 53.1 Å². The first-order valence-corrected chi connectivity index (χ1v) is 6.09. The van der Waals surface area contributed by atoms with Crippen molar-refractivity contribution in [2.24, 2.45) is 0 Å². The lowest BCUT2D eigenvalue weighted by atomic mass is 10.2. The minimum absolute atomic E-state index is 0.672. The van der Waals surface area contributed by atoms with Crippen molar-refractivity contribution >= 4 is 15.9 Å². The molecule has 0 fully saturated rings. The molecule has 18 heavy (non-hydrogen) atoms. The fourth-order valence-corrected chi connectivity index (χ4v) is 1.84. The highest BCUT2D eigenvalue weighted by Crippen LogP contribution is 2.18. The first-order valence-electron chi connectivity index (χ1n) is 5.30. The smallest absolute Gasteiger partial charge is 0.188 e. The van der Waals surface area contributed by atoms with Crippen LogP contribution in [0.25, 0.3) is 17.2 Å². The molecule has 88 valence electrons. The second-order valence-corrected chi connectivity index (χ2v) is 4.53. The monoisotopic (exact) mass is 301 g/mol. The maximum atomic E-state index is 4.28. The SMILES string of the molecule is Brc1ccc(-n2nnnc2-c2ccccc2)nc1. The molecule has 3 rings (SSSR count). The van der Waals surface area contributed by atoms with Crippen LogP contribution in [0.2, 0.25) is 0 Å². The highest BCUT2D eigenvalue weighted by atomic mass is 79.9. The van der Waals surface area contributed by atoms with Gasteiger partial charge >= 0.3 is 0 Å². The molecule has 6 heteroatoms. The van der Waals surface area contributed by atoms with Crippen LogP contribution in [0.5, 0.6) is 0 Å². The molecule has 0 spiro atoms. The summed E-state index contributed by atoms with van der Waals surface area (Å²) in [5.74, 6) is 1.35. The normalized spacial score (nSPS) is 10.5. The van der Waals surface area contributed by atoms with Crippen molar-refractivity contribution < 1.29 is 0 Å². The van der Waals surface area contributed by atoms with E-state index in [0.29, 0.717) is 11.6 Å². The molecule has 0 atom stereocenters. The average Bonchev–Trinajstić information content (AvgIpc) is 2.90. The van der Waals surface area contributed by atoms with E-state index < -0.39 is 0 Å². The summed E-state index contributed by atoms with van der Waals surface area (Å²) in [6, 6.07) is 13.5. The van der Waals surface area contributed by atoms with Crippen molar-refractivity contribution in [2.75, 3.05) is 0 Å². The Labute approximate surface area is 112 Å². The van der Waals surface area contributed by atoms with Crippen LogP contribution in [-0.4, -0.2) is 25.2 Å². The molecule has 0 saturated heterocycles. The Morgan fingerprint density at radius 2 is 1.83 bits per heavy atom. The third-order valence-electron chi connectivity index (χ3n) is 2.43. The van der Waals surface area contributed by atoms with Gasteiger partial charge in [-0.15, -0.1) is 5.10 Å². The van der Waals surface area contributed by atoms with Gasteiger partial charge in [0.15, 0.2) is 11.6 Å². The number of pyridine rings is 1. The topological polar surface area (TPSA) is 56.5 Å². The van der Waals surface area contributed by atoms with Crippen LogP contribution in [0.4, 0.5) is 0 Å². The van der Waals surface area contributed by atoms with Gasteiger partial charge in [0, 0.05) is 16.2 Å². The standard InChI is InChI=1S/C12H8BrN5/c13-10-6-7-11(14-8-10)18-12(15-16-17-18)9-4-2-1-3-5-9/h1-8H. The van der Waals surface area contributed by atoms with Crippen molar-refractivity contribution in [2.45, 2.75) is 0 Å². The van der Waals surface area contributed by atoms with Gasteiger partial charge in [-0.1, -0.05) is 30.3 Å². The number of nitrogens with zero attached hydrogens (tertiary/aromatic N) is 5. The highest BCUT2D eigenvalue weighted by Gasteiger charge is 2.10. The predicted octanol–water partition coefficient (Wildman–Crippen LogP) is 2.49. The summed E-state index contributed by atoms with van der Waals surface area (Å²) in [5.41, 5.74) is 0.951. The van der Waals surface area contributed by atoms with E-state index in [1.165, 1.54) is 0 Å². The Balaban J connectivity index is 2.10. The fraction of sp³-hybridized carbons (Fsp3) is 0. The summed E-state index contributed by atoms with van der Waals surface area (Å²) < 4.78 is 2.53. The molecular formula is C12H8BrN5. The second-order valence-electron chi connectivity index (χ2n) is 3.61. The van der Waals surface area contributed by atoms with Crippen molar-refractivity contribution in [3.63, 3.8) is 0 Å². The summed E-state index contributed by atoms with van der Waals surface area (Å²) in [6.07, 6.45) is 1.71. The van der Waals surface area contributed by atoms with Crippen molar-refractivity contribution in [3.8, 4) is 17.2 Å². The zero-order chi connectivity index (χ0) is 12.4. The van der Waals surface area contributed by atoms with E-state index in [1.807, 2.05) is 42.5 Å². The van der Waals surface area contributed by atoms with Gasteiger partial charge < -0.3 is 0 Å². The largest absolute Gasteiger partial charge is 0.236 e. The Kier molecular flexibility index (Phi) is 2.85. The summed E-state index contributed by atoms with van der Waals surface area (Å²) in [5, 5.41) is 11.7. The third-order valence-corrected chi connectivity index (χ3v) is 2.90. The molecule has 2 heterocycles. The first kappa shape index (κ1) is 11.0. The number of rotatable bonds is 2. The van der Waals surface area contributed by atoms with Gasteiger partial charge in [-0.05, 0) is 38.5 Å². The zero-order valence-corrected chi connectivity index (χ0v) is 10.8. The van der Waals surface area contributed by atoms with Gasteiger partial charge in [-0.25, -0.2) is 4.98 Å². The van der Waals surface area contributed by atoms with Gasteiger partial charge in [0.1, 0.15) is 0 Å². The summed E-state index contributed by atoms with van der Waals surface area (Å²) in [6.45, 7) is 0. The van der Waals surface area contributed by atoms with E-state index in [0.717, 1.165) is 10.0 Å². The molecular weight excluding hydrogens is 294 g/mol. The molecule has 0 aliphatic carbocycles. The van der Waals surface area contributed by atoms with Crippen LogP contribution in [0, 0.1) is 0 Å². The molecule has 2 aromatic heterocycles. The number of tetrazole rings is 1. The zero-order valence-electron chi connectivity index (χ0n) is 9.23. The van der Waals surface area contributed by atoms with Gasteiger partial charge in [0.2, 0.25) is 0 Å². The van der Waals surface area contributed by atoms with Crippen LogP contribution in [0.3, 0.4) is 0 Å². The molecule has 1 aromatic carbocycles. The quantitative estimate of drug-likeness (QED) is 0.730.